The maximum absolute atomic E-state index is 11.3. The molecule has 0 spiro atoms. The summed E-state index contributed by atoms with van der Waals surface area (Å²) < 4.78 is 17.1. The Kier molecular flexibility index (Phi) is 8.93. The van der Waals surface area contributed by atoms with Gasteiger partial charge in [0.15, 0.2) is 18.6 Å². The number of hydrogen-bond donors (Lipinski definition) is 1. The van der Waals surface area contributed by atoms with Crippen LogP contribution >= 0.6 is 31.9 Å². The average Bonchev–Trinajstić information content (AvgIpc) is 2.47. The number of carbonyl (C=O) groups excluding carboxylic acids is 1. The number of hydrogen-bond acceptors (Lipinski definition) is 5. The molecule has 0 saturated carbocycles. The lowest BCUT2D eigenvalue weighted by molar-refractivity contribution is -0.150. The van der Waals surface area contributed by atoms with E-state index in [0.29, 0.717) is 12.4 Å². The predicted molar refractivity (Wildman–Crippen MR) is 103 cm³/mol. The molecule has 1 unspecified atom stereocenters. The molecule has 5 nitrogen and oxygen atoms in total. The largest absolute Gasteiger partial charge is 0.467 e. The summed E-state index contributed by atoms with van der Waals surface area (Å²) in [5.74, 6) is -0.0299. The normalized spacial score (nSPS) is 12.8. The van der Waals surface area contributed by atoms with Crippen LogP contribution in [0.1, 0.15) is 5.56 Å². The van der Waals surface area contributed by atoms with Crippen molar-refractivity contribution >= 4 is 45.9 Å². The molecule has 1 atom stereocenters. The highest BCUT2D eigenvalue weighted by Crippen LogP contribution is 2.35. The zero-order chi connectivity index (χ0) is 18.3. The summed E-state index contributed by atoms with van der Waals surface area (Å²) in [7, 11) is 0.142. The fourth-order valence-electron chi connectivity index (χ4n) is 1.85. The van der Waals surface area contributed by atoms with Gasteiger partial charge in [-0.15, -0.1) is 0 Å². The maximum Gasteiger partial charge on any atom is 0.335 e. The Morgan fingerprint density at radius 1 is 1.25 bits per heavy atom. The Labute approximate surface area is 160 Å². The number of aliphatic hydroxyl groups excluding tert-OH is 1. The van der Waals surface area contributed by atoms with Gasteiger partial charge in [0.1, 0.15) is 0 Å². The van der Waals surface area contributed by atoms with Gasteiger partial charge in [-0.05, 0) is 55.6 Å². The SMILES string of the molecule is COC(=O)C(O)Cc1cc(Br)c(OCOCC[Si](C)(C)C)c(Br)c1. The molecule has 8 heteroatoms. The second-order valence-corrected chi connectivity index (χ2v) is 13.9. The van der Waals surface area contributed by atoms with Crippen molar-refractivity contribution in [1.82, 2.24) is 0 Å². The summed E-state index contributed by atoms with van der Waals surface area (Å²) in [6.45, 7) is 7.75. The smallest absolute Gasteiger partial charge is 0.335 e. The van der Waals surface area contributed by atoms with Crippen LogP contribution in [-0.2, 0) is 20.7 Å². The first kappa shape index (κ1) is 21.6. The van der Waals surface area contributed by atoms with Gasteiger partial charge in [-0.1, -0.05) is 19.6 Å². The molecule has 1 N–H and O–H groups in total. The molecular formula is C16H24Br2O5Si. The van der Waals surface area contributed by atoms with Gasteiger partial charge in [-0.2, -0.15) is 0 Å². The van der Waals surface area contributed by atoms with Gasteiger partial charge in [0, 0.05) is 21.1 Å². The fraction of sp³-hybridized carbons (Fsp3) is 0.562. The molecule has 0 radical (unpaired) electrons. The maximum atomic E-state index is 11.3. The van der Waals surface area contributed by atoms with Crippen LogP contribution in [0.4, 0.5) is 0 Å². The van der Waals surface area contributed by atoms with Crippen molar-refractivity contribution in [2.24, 2.45) is 0 Å². The minimum atomic E-state index is -1.19. The molecule has 0 aliphatic rings. The van der Waals surface area contributed by atoms with E-state index in [0.717, 1.165) is 20.6 Å². The summed E-state index contributed by atoms with van der Waals surface area (Å²) in [5, 5.41) is 9.74. The molecule has 0 fully saturated rings. The molecule has 0 aliphatic heterocycles. The third-order valence-corrected chi connectivity index (χ3v) is 6.13. The van der Waals surface area contributed by atoms with Crippen molar-refractivity contribution in [2.75, 3.05) is 20.5 Å². The van der Waals surface area contributed by atoms with E-state index in [1.54, 1.807) is 12.1 Å². The topological polar surface area (TPSA) is 65.0 Å². The minimum Gasteiger partial charge on any atom is -0.467 e. The fourth-order valence-corrected chi connectivity index (χ4v) is 4.12. The number of ether oxygens (including phenoxy) is 3. The predicted octanol–water partition coefficient (Wildman–Crippen LogP) is 3.98. The van der Waals surface area contributed by atoms with Crippen molar-refractivity contribution < 1.29 is 24.1 Å². The van der Waals surface area contributed by atoms with Crippen LogP contribution in [0.3, 0.4) is 0 Å². The van der Waals surface area contributed by atoms with Crippen LogP contribution < -0.4 is 4.74 Å². The summed E-state index contributed by atoms with van der Waals surface area (Å²) in [5.41, 5.74) is 0.777. The molecule has 0 aromatic heterocycles. The molecule has 136 valence electrons. The van der Waals surface area contributed by atoms with E-state index in [1.165, 1.54) is 7.11 Å². The number of carbonyl (C=O) groups is 1. The zero-order valence-electron chi connectivity index (χ0n) is 14.4. The van der Waals surface area contributed by atoms with Crippen LogP contribution in [0.2, 0.25) is 25.7 Å². The molecule has 1 aromatic carbocycles. The Morgan fingerprint density at radius 3 is 2.33 bits per heavy atom. The van der Waals surface area contributed by atoms with E-state index >= 15 is 0 Å². The lowest BCUT2D eigenvalue weighted by Crippen LogP contribution is -2.24. The lowest BCUT2D eigenvalue weighted by Gasteiger charge is -2.16. The Balaban J connectivity index is 2.60. The van der Waals surface area contributed by atoms with E-state index in [2.05, 4.69) is 56.2 Å². The molecule has 0 saturated heterocycles. The van der Waals surface area contributed by atoms with Gasteiger partial charge in [0.2, 0.25) is 0 Å². The second-order valence-electron chi connectivity index (χ2n) is 6.61. The Hall–Kier alpha value is -0.413. The van der Waals surface area contributed by atoms with Gasteiger partial charge in [0.25, 0.3) is 0 Å². The minimum absolute atomic E-state index is 0.164. The standard InChI is InChI=1S/C16H24Br2O5Si/c1-21-16(20)14(19)9-11-7-12(17)15(13(18)8-11)23-10-22-5-6-24(2,3)4/h7-8,14,19H,5-6,9-10H2,1-4H3. The van der Waals surface area contributed by atoms with Gasteiger partial charge in [0.05, 0.1) is 16.1 Å². The number of halogens is 2. The van der Waals surface area contributed by atoms with Gasteiger partial charge in [-0.3, -0.25) is 0 Å². The van der Waals surface area contributed by atoms with Crippen LogP contribution in [0.25, 0.3) is 0 Å². The first-order valence-corrected chi connectivity index (χ1v) is 12.9. The molecule has 0 amide bonds. The molecular weight excluding hydrogens is 460 g/mol. The van der Waals surface area contributed by atoms with Crippen LogP contribution in [0.5, 0.6) is 5.75 Å². The molecule has 0 aliphatic carbocycles. The molecule has 0 bridgehead atoms. The quantitative estimate of drug-likeness (QED) is 0.249. The number of benzene rings is 1. The molecule has 24 heavy (non-hydrogen) atoms. The highest BCUT2D eigenvalue weighted by atomic mass is 79.9. The van der Waals surface area contributed by atoms with Gasteiger partial charge < -0.3 is 19.3 Å². The molecule has 1 aromatic rings. The average molecular weight is 484 g/mol. The van der Waals surface area contributed by atoms with Gasteiger partial charge >= 0.3 is 5.97 Å². The number of rotatable bonds is 9. The summed E-state index contributed by atoms with van der Waals surface area (Å²) >= 11 is 6.88. The summed E-state index contributed by atoms with van der Waals surface area (Å²) in [6, 6.07) is 4.69. The molecule has 1 rings (SSSR count). The Morgan fingerprint density at radius 2 is 1.83 bits per heavy atom. The van der Waals surface area contributed by atoms with E-state index in [4.69, 9.17) is 9.47 Å². The first-order valence-electron chi connectivity index (χ1n) is 7.58. The van der Waals surface area contributed by atoms with E-state index in [9.17, 15) is 9.90 Å². The van der Waals surface area contributed by atoms with Crippen molar-refractivity contribution in [3.63, 3.8) is 0 Å². The summed E-state index contributed by atoms with van der Waals surface area (Å²) in [6.07, 6.45) is -1.03. The monoisotopic (exact) mass is 482 g/mol. The molecule has 0 heterocycles. The highest BCUT2D eigenvalue weighted by molar-refractivity contribution is 9.11. The van der Waals surface area contributed by atoms with E-state index in [1.807, 2.05) is 0 Å². The first-order chi connectivity index (χ1) is 11.1. The van der Waals surface area contributed by atoms with Crippen LogP contribution in [-0.4, -0.2) is 45.8 Å². The Bertz CT molecular complexity index is 537. The van der Waals surface area contributed by atoms with Crippen molar-refractivity contribution in [3.05, 3.63) is 26.6 Å². The van der Waals surface area contributed by atoms with Crippen molar-refractivity contribution in [2.45, 2.75) is 38.2 Å². The number of aliphatic hydroxyl groups is 1. The number of esters is 1. The lowest BCUT2D eigenvalue weighted by atomic mass is 10.1. The van der Waals surface area contributed by atoms with E-state index in [-0.39, 0.29) is 13.2 Å². The second kappa shape index (κ2) is 9.91. The number of methoxy groups -OCH3 is 1. The van der Waals surface area contributed by atoms with Crippen LogP contribution in [0, 0.1) is 0 Å². The highest BCUT2D eigenvalue weighted by Gasteiger charge is 2.18. The van der Waals surface area contributed by atoms with Crippen molar-refractivity contribution in [1.29, 1.82) is 0 Å². The van der Waals surface area contributed by atoms with Gasteiger partial charge in [-0.25, -0.2) is 4.79 Å². The third kappa shape index (κ3) is 7.65. The van der Waals surface area contributed by atoms with Crippen LogP contribution in [0.15, 0.2) is 21.1 Å². The zero-order valence-corrected chi connectivity index (χ0v) is 18.6. The van der Waals surface area contributed by atoms with Crippen molar-refractivity contribution in [3.8, 4) is 5.75 Å². The third-order valence-electron chi connectivity index (χ3n) is 3.24. The van der Waals surface area contributed by atoms with E-state index < -0.39 is 20.1 Å². The summed E-state index contributed by atoms with van der Waals surface area (Å²) in [4.78, 5) is 11.3.